The lowest BCUT2D eigenvalue weighted by molar-refractivity contribution is 0.415. The van der Waals surface area contributed by atoms with Crippen LogP contribution in [0.15, 0.2) is 30.8 Å². The van der Waals surface area contributed by atoms with Crippen molar-refractivity contribution in [3.8, 4) is 5.75 Å². The van der Waals surface area contributed by atoms with Crippen LogP contribution >= 0.6 is 0 Å². The molecule has 0 saturated heterocycles. The van der Waals surface area contributed by atoms with E-state index in [1.807, 2.05) is 24.3 Å². The fourth-order valence-corrected chi connectivity index (χ4v) is 1.29. The summed E-state index contributed by atoms with van der Waals surface area (Å²) in [4.78, 5) is 0. The van der Waals surface area contributed by atoms with Crippen molar-refractivity contribution in [2.24, 2.45) is 5.73 Å². The summed E-state index contributed by atoms with van der Waals surface area (Å²) in [6.07, 6.45) is 1.95. The molecule has 0 saturated carbocycles. The molecule has 2 heteroatoms. The first-order chi connectivity index (χ1) is 6.77. The number of allylic oxidation sites excluding steroid dienone is 1. The maximum Gasteiger partial charge on any atom is 0.118 e. The van der Waals surface area contributed by atoms with Gasteiger partial charge in [-0.05, 0) is 42.7 Å². The van der Waals surface area contributed by atoms with Gasteiger partial charge in [0.1, 0.15) is 5.75 Å². The van der Waals surface area contributed by atoms with Gasteiger partial charge in [0.15, 0.2) is 0 Å². The molecule has 0 radical (unpaired) electrons. The molecule has 14 heavy (non-hydrogen) atoms. The minimum atomic E-state index is 0.717. The third-order valence-corrected chi connectivity index (χ3v) is 2.18. The van der Waals surface area contributed by atoms with Gasteiger partial charge in [-0.2, -0.15) is 0 Å². The summed E-state index contributed by atoms with van der Waals surface area (Å²) in [5.41, 5.74) is 7.74. The van der Waals surface area contributed by atoms with Crippen molar-refractivity contribution in [2.75, 3.05) is 13.7 Å². The maximum atomic E-state index is 5.44. The second-order valence-electron chi connectivity index (χ2n) is 3.22. The van der Waals surface area contributed by atoms with Crippen LogP contribution in [0.2, 0.25) is 0 Å². The van der Waals surface area contributed by atoms with E-state index >= 15 is 0 Å². The Balaban J connectivity index is 2.62. The summed E-state index contributed by atoms with van der Waals surface area (Å²) in [7, 11) is 1.66. The number of hydrogen-bond donors (Lipinski definition) is 1. The summed E-state index contributed by atoms with van der Waals surface area (Å²) >= 11 is 0. The van der Waals surface area contributed by atoms with Gasteiger partial charge in [0.25, 0.3) is 0 Å². The Hall–Kier alpha value is -1.28. The quantitative estimate of drug-likeness (QED) is 0.775. The zero-order valence-corrected chi connectivity index (χ0v) is 8.62. The van der Waals surface area contributed by atoms with E-state index in [4.69, 9.17) is 10.5 Å². The number of hydrogen-bond acceptors (Lipinski definition) is 2. The number of rotatable bonds is 5. The van der Waals surface area contributed by atoms with Crippen LogP contribution in [0.4, 0.5) is 0 Å². The lowest BCUT2D eigenvalue weighted by Gasteiger charge is -2.06. The van der Waals surface area contributed by atoms with E-state index in [1.54, 1.807) is 7.11 Å². The van der Waals surface area contributed by atoms with E-state index in [-0.39, 0.29) is 0 Å². The molecule has 1 aromatic rings. The summed E-state index contributed by atoms with van der Waals surface area (Å²) < 4.78 is 5.08. The molecule has 0 atom stereocenters. The Bertz CT molecular complexity index is 290. The van der Waals surface area contributed by atoms with Crippen LogP contribution in [0.3, 0.4) is 0 Å². The molecule has 2 nitrogen and oxygen atoms in total. The number of benzene rings is 1. The predicted molar refractivity (Wildman–Crippen MR) is 60.3 cm³/mol. The zero-order chi connectivity index (χ0) is 10.4. The van der Waals surface area contributed by atoms with Crippen LogP contribution < -0.4 is 10.5 Å². The van der Waals surface area contributed by atoms with Gasteiger partial charge in [-0.25, -0.2) is 0 Å². The minimum absolute atomic E-state index is 0.717. The molecule has 0 aliphatic carbocycles. The van der Waals surface area contributed by atoms with Gasteiger partial charge >= 0.3 is 0 Å². The van der Waals surface area contributed by atoms with Crippen LogP contribution in [0.25, 0.3) is 5.57 Å². The zero-order valence-electron chi connectivity index (χ0n) is 8.62. The van der Waals surface area contributed by atoms with Crippen LogP contribution in [0.1, 0.15) is 18.4 Å². The van der Waals surface area contributed by atoms with Crippen molar-refractivity contribution in [1.82, 2.24) is 0 Å². The highest BCUT2D eigenvalue weighted by Crippen LogP contribution is 2.20. The Morgan fingerprint density at radius 3 is 2.50 bits per heavy atom. The van der Waals surface area contributed by atoms with E-state index in [2.05, 4.69) is 6.58 Å². The lowest BCUT2D eigenvalue weighted by atomic mass is 10.0. The van der Waals surface area contributed by atoms with Crippen molar-refractivity contribution < 1.29 is 4.74 Å². The molecule has 0 aromatic heterocycles. The summed E-state index contributed by atoms with van der Waals surface area (Å²) in [6, 6.07) is 7.95. The highest BCUT2D eigenvalue weighted by atomic mass is 16.5. The molecule has 1 aromatic carbocycles. The SMILES string of the molecule is C=C(CCCN)c1ccc(OC)cc1. The summed E-state index contributed by atoms with van der Waals surface area (Å²) in [5.74, 6) is 0.875. The van der Waals surface area contributed by atoms with Gasteiger partial charge in [0.2, 0.25) is 0 Å². The second kappa shape index (κ2) is 5.45. The van der Waals surface area contributed by atoms with Crippen molar-refractivity contribution in [3.63, 3.8) is 0 Å². The van der Waals surface area contributed by atoms with Crippen LogP contribution in [0, 0.1) is 0 Å². The Kier molecular flexibility index (Phi) is 4.20. The molecule has 0 unspecified atom stereocenters. The Morgan fingerprint density at radius 1 is 1.36 bits per heavy atom. The van der Waals surface area contributed by atoms with Crippen molar-refractivity contribution in [1.29, 1.82) is 0 Å². The first kappa shape index (κ1) is 10.8. The largest absolute Gasteiger partial charge is 0.497 e. The molecular formula is C12H17NO. The first-order valence-electron chi connectivity index (χ1n) is 4.80. The molecule has 0 fully saturated rings. The van der Waals surface area contributed by atoms with Crippen molar-refractivity contribution >= 4 is 5.57 Å². The van der Waals surface area contributed by atoms with Crippen LogP contribution in [0.5, 0.6) is 5.75 Å². The summed E-state index contributed by atoms with van der Waals surface area (Å²) in [6.45, 7) is 4.74. The van der Waals surface area contributed by atoms with Crippen LogP contribution in [-0.4, -0.2) is 13.7 Å². The van der Waals surface area contributed by atoms with Gasteiger partial charge in [-0.15, -0.1) is 0 Å². The fraction of sp³-hybridized carbons (Fsp3) is 0.333. The fourth-order valence-electron chi connectivity index (χ4n) is 1.29. The van der Waals surface area contributed by atoms with Gasteiger partial charge in [-0.3, -0.25) is 0 Å². The van der Waals surface area contributed by atoms with E-state index in [9.17, 15) is 0 Å². The van der Waals surface area contributed by atoms with Gasteiger partial charge in [-0.1, -0.05) is 18.7 Å². The summed E-state index contributed by atoms with van der Waals surface area (Å²) in [5, 5.41) is 0. The van der Waals surface area contributed by atoms with E-state index < -0.39 is 0 Å². The van der Waals surface area contributed by atoms with Crippen LogP contribution in [-0.2, 0) is 0 Å². The third-order valence-electron chi connectivity index (χ3n) is 2.18. The number of ether oxygens (including phenoxy) is 1. The van der Waals surface area contributed by atoms with E-state index in [1.165, 1.54) is 5.56 Å². The molecule has 0 spiro atoms. The molecule has 1 rings (SSSR count). The average molecular weight is 191 g/mol. The Labute approximate surface area is 85.4 Å². The lowest BCUT2D eigenvalue weighted by Crippen LogP contribution is -1.98. The maximum absolute atomic E-state index is 5.44. The Morgan fingerprint density at radius 2 is 2.00 bits per heavy atom. The molecular weight excluding hydrogens is 174 g/mol. The highest BCUT2D eigenvalue weighted by Gasteiger charge is 1.98. The van der Waals surface area contributed by atoms with Crippen molar-refractivity contribution in [2.45, 2.75) is 12.8 Å². The molecule has 0 aliphatic heterocycles. The normalized spacial score (nSPS) is 9.86. The van der Waals surface area contributed by atoms with Gasteiger partial charge in [0.05, 0.1) is 7.11 Å². The van der Waals surface area contributed by atoms with E-state index in [0.29, 0.717) is 0 Å². The molecule has 2 N–H and O–H groups in total. The first-order valence-corrected chi connectivity index (χ1v) is 4.80. The molecule has 0 bridgehead atoms. The van der Waals surface area contributed by atoms with Crippen molar-refractivity contribution in [3.05, 3.63) is 36.4 Å². The molecule has 0 amide bonds. The molecule has 0 heterocycles. The predicted octanol–water partition coefficient (Wildman–Crippen LogP) is 2.45. The van der Waals surface area contributed by atoms with Gasteiger partial charge in [0, 0.05) is 0 Å². The smallest absolute Gasteiger partial charge is 0.118 e. The number of methoxy groups -OCH3 is 1. The number of nitrogens with two attached hydrogens (primary N) is 1. The molecule has 0 aliphatic rings. The molecule has 76 valence electrons. The topological polar surface area (TPSA) is 35.2 Å². The van der Waals surface area contributed by atoms with E-state index in [0.717, 1.165) is 30.7 Å². The standard InChI is InChI=1S/C12H17NO/c1-10(4-3-9-13)11-5-7-12(14-2)8-6-11/h5-8H,1,3-4,9,13H2,2H3. The minimum Gasteiger partial charge on any atom is -0.497 e. The average Bonchev–Trinajstić information content (AvgIpc) is 2.26. The van der Waals surface area contributed by atoms with Gasteiger partial charge < -0.3 is 10.5 Å². The second-order valence-corrected chi connectivity index (χ2v) is 3.22. The monoisotopic (exact) mass is 191 g/mol. The highest BCUT2D eigenvalue weighted by molar-refractivity contribution is 5.63. The third kappa shape index (κ3) is 2.89.